The van der Waals surface area contributed by atoms with E-state index in [1.807, 2.05) is 42.1 Å². The Hall–Kier alpha value is -1.22. The standard InChI is InChI=1S/C16H22N2O2S/c1-13(18-12-16(19)6-10-21-11-7-16)14-2-4-15(5-3-14)20-9-8-17/h2-5,13,18-19H,6-7,9-12H2,1H3. The number of nitrogens with zero attached hydrogens (tertiary/aromatic N) is 1. The molecular formula is C16H22N2O2S. The number of thioether (sulfide) groups is 1. The first kappa shape index (κ1) is 16.2. The normalized spacial score (nSPS) is 18.7. The van der Waals surface area contributed by atoms with Gasteiger partial charge in [0.25, 0.3) is 0 Å². The largest absolute Gasteiger partial charge is 0.479 e. The van der Waals surface area contributed by atoms with E-state index in [-0.39, 0.29) is 12.6 Å². The van der Waals surface area contributed by atoms with Gasteiger partial charge < -0.3 is 15.2 Å². The highest BCUT2D eigenvalue weighted by Gasteiger charge is 2.29. The van der Waals surface area contributed by atoms with Crippen molar-refractivity contribution in [2.24, 2.45) is 0 Å². The van der Waals surface area contributed by atoms with E-state index in [1.165, 1.54) is 0 Å². The van der Waals surface area contributed by atoms with Gasteiger partial charge in [-0.2, -0.15) is 17.0 Å². The fourth-order valence-electron chi connectivity index (χ4n) is 2.36. The minimum absolute atomic E-state index is 0.0677. The first-order chi connectivity index (χ1) is 10.1. The summed E-state index contributed by atoms with van der Waals surface area (Å²) in [4.78, 5) is 0. The summed E-state index contributed by atoms with van der Waals surface area (Å²) in [6.45, 7) is 2.78. The maximum Gasteiger partial charge on any atom is 0.174 e. The zero-order chi connectivity index (χ0) is 15.1. The van der Waals surface area contributed by atoms with Gasteiger partial charge in [-0.15, -0.1) is 0 Å². The summed E-state index contributed by atoms with van der Waals surface area (Å²) >= 11 is 1.91. The predicted octanol–water partition coefficient (Wildman–Crippen LogP) is 2.50. The monoisotopic (exact) mass is 306 g/mol. The minimum Gasteiger partial charge on any atom is -0.479 e. The Kier molecular flexibility index (Phi) is 5.92. The quantitative estimate of drug-likeness (QED) is 0.845. The van der Waals surface area contributed by atoms with Crippen molar-refractivity contribution in [3.05, 3.63) is 29.8 Å². The average Bonchev–Trinajstić information content (AvgIpc) is 2.52. The van der Waals surface area contributed by atoms with Gasteiger partial charge in [-0.05, 0) is 49.0 Å². The molecule has 2 rings (SSSR count). The molecule has 1 atom stereocenters. The van der Waals surface area contributed by atoms with Crippen LogP contribution in [-0.2, 0) is 0 Å². The predicted molar refractivity (Wildman–Crippen MR) is 85.5 cm³/mol. The molecule has 5 heteroatoms. The van der Waals surface area contributed by atoms with Crippen LogP contribution >= 0.6 is 11.8 Å². The molecule has 1 aliphatic heterocycles. The molecule has 0 aromatic heterocycles. The molecule has 1 saturated heterocycles. The van der Waals surface area contributed by atoms with Crippen LogP contribution in [0.2, 0.25) is 0 Å². The Balaban J connectivity index is 1.85. The van der Waals surface area contributed by atoms with E-state index in [9.17, 15) is 5.11 Å². The van der Waals surface area contributed by atoms with E-state index in [1.54, 1.807) is 0 Å². The first-order valence-corrected chi connectivity index (χ1v) is 8.42. The van der Waals surface area contributed by atoms with Gasteiger partial charge >= 0.3 is 0 Å². The molecule has 0 radical (unpaired) electrons. The lowest BCUT2D eigenvalue weighted by molar-refractivity contribution is 0.0300. The third kappa shape index (κ3) is 4.92. The third-order valence-electron chi connectivity index (χ3n) is 3.84. The van der Waals surface area contributed by atoms with Crippen LogP contribution in [0.5, 0.6) is 5.75 Å². The molecule has 0 aliphatic carbocycles. The van der Waals surface area contributed by atoms with Crippen molar-refractivity contribution >= 4 is 11.8 Å². The maximum absolute atomic E-state index is 10.5. The van der Waals surface area contributed by atoms with Gasteiger partial charge in [-0.1, -0.05) is 12.1 Å². The summed E-state index contributed by atoms with van der Waals surface area (Å²) in [6.07, 6.45) is 1.72. The molecule has 0 spiro atoms. The minimum atomic E-state index is -0.560. The number of ether oxygens (including phenoxy) is 1. The Morgan fingerprint density at radius 3 is 2.67 bits per heavy atom. The topological polar surface area (TPSA) is 65.3 Å². The molecule has 1 fully saturated rings. The van der Waals surface area contributed by atoms with Crippen molar-refractivity contribution in [2.75, 3.05) is 24.7 Å². The van der Waals surface area contributed by atoms with Crippen LogP contribution in [-0.4, -0.2) is 35.4 Å². The molecule has 0 saturated carbocycles. The van der Waals surface area contributed by atoms with Gasteiger partial charge in [0.1, 0.15) is 11.8 Å². The zero-order valence-electron chi connectivity index (χ0n) is 12.3. The van der Waals surface area contributed by atoms with Crippen LogP contribution in [0, 0.1) is 11.3 Å². The molecule has 21 heavy (non-hydrogen) atoms. The number of hydrogen-bond acceptors (Lipinski definition) is 5. The first-order valence-electron chi connectivity index (χ1n) is 7.26. The van der Waals surface area contributed by atoms with Crippen molar-refractivity contribution < 1.29 is 9.84 Å². The lowest BCUT2D eigenvalue weighted by Gasteiger charge is -2.33. The highest BCUT2D eigenvalue weighted by Crippen LogP contribution is 2.27. The molecule has 114 valence electrons. The van der Waals surface area contributed by atoms with Crippen molar-refractivity contribution in [1.29, 1.82) is 5.26 Å². The molecule has 1 aliphatic rings. The Bertz CT molecular complexity index is 478. The smallest absolute Gasteiger partial charge is 0.174 e. The second-order valence-corrected chi connectivity index (χ2v) is 6.68. The molecule has 1 aromatic carbocycles. The number of hydrogen-bond donors (Lipinski definition) is 2. The average molecular weight is 306 g/mol. The van der Waals surface area contributed by atoms with Crippen LogP contribution in [0.4, 0.5) is 0 Å². The molecule has 4 nitrogen and oxygen atoms in total. The van der Waals surface area contributed by atoms with Gasteiger partial charge in [-0.3, -0.25) is 0 Å². The van der Waals surface area contributed by atoms with Crippen molar-refractivity contribution in [1.82, 2.24) is 5.32 Å². The maximum atomic E-state index is 10.5. The highest BCUT2D eigenvalue weighted by molar-refractivity contribution is 7.99. The molecule has 1 heterocycles. The fraction of sp³-hybridized carbons (Fsp3) is 0.562. The van der Waals surface area contributed by atoms with Crippen LogP contribution in [0.15, 0.2) is 24.3 Å². The second kappa shape index (κ2) is 7.69. The number of nitriles is 1. The number of benzene rings is 1. The summed E-state index contributed by atoms with van der Waals surface area (Å²) in [7, 11) is 0. The van der Waals surface area contributed by atoms with Crippen LogP contribution in [0.25, 0.3) is 0 Å². The summed E-state index contributed by atoms with van der Waals surface area (Å²) in [5.41, 5.74) is 0.586. The lowest BCUT2D eigenvalue weighted by atomic mass is 9.96. The fourth-order valence-corrected chi connectivity index (χ4v) is 3.61. The van der Waals surface area contributed by atoms with Gasteiger partial charge in [0, 0.05) is 12.6 Å². The number of nitrogens with one attached hydrogen (secondary N) is 1. The summed E-state index contributed by atoms with van der Waals surface area (Å²) in [5.74, 6) is 2.78. The van der Waals surface area contributed by atoms with Crippen molar-refractivity contribution in [2.45, 2.75) is 31.4 Å². The van der Waals surface area contributed by atoms with Gasteiger partial charge in [0.05, 0.1) is 5.60 Å². The van der Waals surface area contributed by atoms with Crippen LogP contribution in [0.3, 0.4) is 0 Å². The van der Waals surface area contributed by atoms with E-state index < -0.39 is 5.60 Å². The molecule has 1 aromatic rings. The van der Waals surface area contributed by atoms with Crippen molar-refractivity contribution in [3.8, 4) is 11.8 Å². The van der Waals surface area contributed by atoms with E-state index in [4.69, 9.17) is 10.00 Å². The van der Waals surface area contributed by atoms with E-state index in [0.717, 1.165) is 29.9 Å². The molecule has 0 amide bonds. The van der Waals surface area contributed by atoms with Crippen molar-refractivity contribution in [3.63, 3.8) is 0 Å². The molecule has 1 unspecified atom stereocenters. The third-order valence-corrected chi connectivity index (χ3v) is 4.83. The number of aliphatic hydroxyl groups is 1. The molecular weight excluding hydrogens is 284 g/mol. The summed E-state index contributed by atoms with van der Waals surface area (Å²) < 4.78 is 5.24. The van der Waals surface area contributed by atoms with Gasteiger partial charge in [0.15, 0.2) is 6.61 Å². The summed E-state index contributed by atoms with van der Waals surface area (Å²) in [6, 6.07) is 9.85. The van der Waals surface area contributed by atoms with Gasteiger partial charge in [-0.25, -0.2) is 0 Å². The lowest BCUT2D eigenvalue weighted by Crippen LogP contribution is -2.44. The van der Waals surface area contributed by atoms with Gasteiger partial charge in [0.2, 0.25) is 0 Å². The SMILES string of the molecule is CC(NCC1(O)CCSCC1)c1ccc(OCC#N)cc1. The second-order valence-electron chi connectivity index (χ2n) is 5.46. The zero-order valence-corrected chi connectivity index (χ0v) is 13.2. The Morgan fingerprint density at radius 1 is 1.38 bits per heavy atom. The highest BCUT2D eigenvalue weighted by atomic mass is 32.2. The molecule has 0 bridgehead atoms. The number of rotatable bonds is 6. The molecule has 2 N–H and O–H groups in total. The van der Waals surface area contributed by atoms with E-state index in [0.29, 0.717) is 12.3 Å². The van der Waals surface area contributed by atoms with Crippen LogP contribution in [0.1, 0.15) is 31.4 Å². The Labute approximate surface area is 130 Å². The van der Waals surface area contributed by atoms with E-state index >= 15 is 0 Å². The van der Waals surface area contributed by atoms with E-state index in [2.05, 4.69) is 12.2 Å². The van der Waals surface area contributed by atoms with Crippen LogP contribution < -0.4 is 10.1 Å². The Morgan fingerprint density at radius 2 is 2.05 bits per heavy atom. The summed E-state index contributed by atoms with van der Waals surface area (Å²) in [5, 5.41) is 22.4.